The molecule has 0 spiro atoms. The lowest BCUT2D eigenvalue weighted by molar-refractivity contribution is 0.100. The fraction of sp³-hybridized carbons (Fsp3) is 0.222. The van der Waals surface area contributed by atoms with Gasteiger partial charge in [0.05, 0.1) is 5.56 Å². The molecule has 1 amide bonds. The van der Waals surface area contributed by atoms with E-state index in [1.807, 2.05) is 12.1 Å². The van der Waals surface area contributed by atoms with Crippen LogP contribution < -0.4 is 5.73 Å². The average Bonchev–Trinajstić information content (AvgIpc) is 2.86. The van der Waals surface area contributed by atoms with Crippen molar-refractivity contribution in [3.05, 3.63) is 51.9 Å². The number of nitrogens with two attached hydrogens (primary N) is 1. The summed E-state index contributed by atoms with van der Waals surface area (Å²) in [5.41, 5.74) is 6.94. The van der Waals surface area contributed by atoms with Crippen molar-refractivity contribution in [2.24, 2.45) is 5.73 Å². The Balaban J connectivity index is 2.34. The molecule has 0 bridgehead atoms. The molecule has 0 fully saturated rings. The zero-order valence-electron chi connectivity index (χ0n) is 13.5. The first-order valence-corrected chi connectivity index (χ1v) is 8.17. The number of aromatic nitrogens is 1. The van der Waals surface area contributed by atoms with E-state index in [2.05, 4.69) is 41.7 Å². The van der Waals surface area contributed by atoms with Crippen LogP contribution in [0.1, 0.15) is 36.7 Å². The standard InChI is InChI=1S/C18H16BrFN2O2/c1-18(2,3)9-7-12(22-13(19)8-9)16-14(17(21)23)10-5-4-6-11(20)15(10)24-16/h4-8H,1-3H3,(H2,21,23). The highest BCUT2D eigenvalue weighted by Gasteiger charge is 2.25. The Kier molecular flexibility index (Phi) is 3.95. The maximum Gasteiger partial charge on any atom is 0.253 e. The van der Waals surface area contributed by atoms with Gasteiger partial charge in [0, 0.05) is 5.39 Å². The van der Waals surface area contributed by atoms with Gasteiger partial charge in [-0.25, -0.2) is 9.37 Å². The van der Waals surface area contributed by atoms with E-state index in [0.29, 0.717) is 15.7 Å². The van der Waals surface area contributed by atoms with Crippen LogP contribution in [0.5, 0.6) is 0 Å². The number of carbonyl (C=O) groups excluding carboxylic acids is 1. The van der Waals surface area contributed by atoms with Gasteiger partial charge in [-0.3, -0.25) is 4.79 Å². The Morgan fingerprint density at radius 1 is 1.29 bits per heavy atom. The molecular formula is C18H16BrFN2O2. The number of hydrogen-bond acceptors (Lipinski definition) is 3. The van der Waals surface area contributed by atoms with Gasteiger partial charge < -0.3 is 10.2 Å². The van der Waals surface area contributed by atoms with E-state index in [1.165, 1.54) is 12.1 Å². The number of halogens is 2. The Bertz CT molecular complexity index is 958. The second kappa shape index (κ2) is 5.70. The third kappa shape index (κ3) is 2.82. The SMILES string of the molecule is CC(C)(C)c1cc(Br)nc(-c2oc3c(F)cccc3c2C(N)=O)c1. The van der Waals surface area contributed by atoms with Crippen LogP contribution in [0, 0.1) is 5.82 Å². The van der Waals surface area contributed by atoms with Crippen molar-refractivity contribution in [1.82, 2.24) is 4.98 Å². The molecule has 0 saturated heterocycles. The van der Waals surface area contributed by atoms with Gasteiger partial charge in [-0.1, -0.05) is 32.9 Å². The van der Waals surface area contributed by atoms with E-state index in [0.717, 1.165) is 5.56 Å². The summed E-state index contributed by atoms with van der Waals surface area (Å²) < 4.78 is 20.3. The highest BCUT2D eigenvalue weighted by atomic mass is 79.9. The highest BCUT2D eigenvalue weighted by molar-refractivity contribution is 9.10. The van der Waals surface area contributed by atoms with Gasteiger partial charge in [0.15, 0.2) is 17.2 Å². The zero-order valence-corrected chi connectivity index (χ0v) is 15.1. The van der Waals surface area contributed by atoms with Crippen LogP contribution in [0.2, 0.25) is 0 Å². The van der Waals surface area contributed by atoms with Crippen molar-refractivity contribution in [1.29, 1.82) is 0 Å². The molecule has 0 aliphatic carbocycles. The monoisotopic (exact) mass is 390 g/mol. The van der Waals surface area contributed by atoms with Crippen LogP contribution in [0.3, 0.4) is 0 Å². The van der Waals surface area contributed by atoms with Crippen LogP contribution in [0.15, 0.2) is 39.4 Å². The maximum atomic E-state index is 14.0. The number of amides is 1. The molecule has 3 aromatic rings. The van der Waals surface area contributed by atoms with Gasteiger partial charge in [0.2, 0.25) is 0 Å². The van der Waals surface area contributed by atoms with E-state index in [1.54, 1.807) is 6.07 Å². The lowest BCUT2D eigenvalue weighted by Crippen LogP contribution is -2.13. The van der Waals surface area contributed by atoms with Gasteiger partial charge in [-0.05, 0) is 45.1 Å². The molecule has 6 heteroatoms. The number of furan rings is 1. The van der Waals surface area contributed by atoms with Crippen LogP contribution in [0.4, 0.5) is 4.39 Å². The maximum absolute atomic E-state index is 14.0. The second-order valence-corrected chi connectivity index (χ2v) is 7.41. The van der Waals surface area contributed by atoms with Gasteiger partial charge >= 0.3 is 0 Å². The highest BCUT2D eigenvalue weighted by Crippen LogP contribution is 2.36. The molecule has 2 heterocycles. The number of hydrogen-bond donors (Lipinski definition) is 1. The molecule has 124 valence electrons. The first-order chi connectivity index (χ1) is 11.2. The fourth-order valence-electron chi connectivity index (χ4n) is 2.56. The largest absolute Gasteiger partial charge is 0.450 e. The van der Waals surface area contributed by atoms with Gasteiger partial charge in [-0.15, -0.1) is 0 Å². The smallest absolute Gasteiger partial charge is 0.253 e. The Morgan fingerprint density at radius 2 is 2.00 bits per heavy atom. The van der Waals surface area contributed by atoms with E-state index < -0.39 is 11.7 Å². The molecule has 0 atom stereocenters. The number of nitrogens with zero attached hydrogens (tertiary/aromatic N) is 1. The van der Waals surface area contributed by atoms with Crippen molar-refractivity contribution in [2.75, 3.05) is 0 Å². The number of para-hydroxylation sites is 1. The van der Waals surface area contributed by atoms with Crippen molar-refractivity contribution >= 4 is 32.8 Å². The topological polar surface area (TPSA) is 69.1 Å². The van der Waals surface area contributed by atoms with E-state index in [4.69, 9.17) is 10.2 Å². The fourth-order valence-corrected chi connectivity index (χ4v) is 2.99. The molecule has 0 aliphatic heterocycles. The predicted octanol–water partition coefficient (Wildman–Crippen LogP) is 4.79. The molecule has 0 saturated carbocycles. The Morgan fingerprint density at radius 3 is 2.62 bits per heavy atom. The number of pyridine rings is 1. The third-order valence-corrected chi connectivity index (χ3v) is 4.21. The quantitative estimate of drug-likeness (QED) is 0.639. The summed E-state index contributed by atoms with van der Waals surface area (Å²) in [5.74, 6) is -1.06. The number of rotatable bonds is 2. The summed E-state index contributed by atoms with van der Waals surface area (Å²) >= 11 is 3.38. The molecule has 2 N–H and O–H groups in total. The van der Waals surface area contributed by atoms with Gasteiger partial charge in [0.1, 0.15) is 10.3 Å². The van der Waals surface area contributed by atoms with Crippen LogP contribution in [-0.4, -0.2) is 10.9 Å². The number of benzene rings is 1. The lowest BCUT2D eigenvalue weighted by atomic mass is 9.87. The molecule has 2 aromatic heterocycles. The summed E-state index contributed by atoms with van der Waals surface area (Å²) in [7, 11) is 0. The van der Waals surface area contributed by atoms with Crippen molar-refractivity contribution in [3.63, 3.8) is 0 Å². The van der Waals surface area contributed by atoms with Crippen LogP contribution >= 0.6 is 15.9 Å². The molecule has 3 rings (SSSR count). The number of primary amides is 1. The number of carbonyl (C=O) groups is 1. The minimum Gasteiger partial charge on any atom is -0.450 e. The summed E-state index contributed by atoms with van der Waals surface area (Å²) in [4.78, 5) is 16.3. The predicted molar refractivity (Wildman–Crippen MR) is 94.3 cm³/mol. The number of fused-ring (bicyclic) bond motifs is 1. The minimum absolute atomic E-state index is 0.000356. The molecule has 0 radical (unpaired) electrons. The minimum atomic E-state index is -0.687. The normalized spacial score (nSPS) is 11.9. The summed E-state index contributed by atoms with van der Waals surface area (Å²) in [6, 6.07) is 8.12. The molecule has 0 unspecified atom stereocenters. The third-order valence-electron chi connectivity index (χ3n) is 3.81. The van der Waals surface area contributed by atoms with E-state index >= 15 is 0 Å². The molecule has 1 aromatic carbocycles. The first kappa shape index (κ1) is 16.6. The molecular weight excluding hydrogens is 375 g/mol. The van der Waals surface area contributed by atoms with Gasteiger partial charge in [0.25, 0.3) is 5.91 Å². The first-order valence-electron chi connectivity index (χ1n) is 7.37. The van der Waals surface area contributed by atoms with Crippen LogP contribution in [0.25, 0.3) is 22.4 Å². The zero-order chi connectivity index (χ0) is 17.6. The van der Waals surface area contributed by atoms with E-state index in [-0.39, 0.29) is 22.3 Å². The van der Waals surface area contributed by atoms with Crippen molar-refractivity contribution in [2.45, 2.75) is 26.2 Å². The van der Waals surface area contributed by atoms with Gasteiger partial charge in [-0.2, -0.15) is 0 Å². The van der Waals surface area contributed by atoms with E-state index in [9.17, 15) is 9.18 Å². The average molecular weight is 391 g/mol. The Labute approximate surface area is 147 Å². The molecule has 0 aliphatic rings. The summed E-state index contributed by atoms with van der Waals surface area (Å²) in [5, 5.41) is 0.344. The van der Waals surface area contributed by atoms with Crippen LogP contribution in [-0.2, 0) is 5.41 Å². The van der Waals surface area contributed by atoms with Crippen molar-refractivity contribution < 1.29 is 13.6 Å². The summed E-state index contributed by atoms with van der Waals surface area (Å²) in [6.07, 6.45) is 0. The molecule has 4 nitrogen and oxygen atoms in total. The molecule has 24 heavy (non-hydrogen) atoms. The van der Waals surface area contributed by atoms with Crippen molar-refractivity contribution in [3.8, 4) is 11.5 Å². The summed E-state index contributed by atoms with van der Waals surface area (Å²) in [6.45, 7) is 6.18. The lowest BCUT2D eigenvalue weighted by Gasteiger charge is -2.19. The Hall–Kier alpha value is -2.21. The second-order valence-electron chi connectivity index (χ2n) is 6.60.